The molecule has 2 saturated heterocycles. The molecule has 2 heterocycles. The largest absolute Gasteiger partial charge is 0.356 e. The highest BCUT2D eigenvalue weighted by molar-refractivity contribution is 9.10. The molecule has 7 heteroatoms. The first-order chi connectivity index (χ1) is 13.5. The van der Waals surface area contributed by atoms with Gasteiger partial charge in [-0.05, 0) is 37.5 Å². The molecule has 2 atom stereocenters. The maximum absolute atomic E-state index is 13.0. The second-order valence-corrected chi connectivity index (χ2v) is 8.57. The summed E-state index contributed by atoms with van der Waals surface area (Å²) in [6, 6.07) is 7.57. The van der Waals surface area contributed by atoms with Crippen molar-refractivity contribution >= 4 is 39.3 Å². The molecular formula is C21H28BrN3O3. The van der Waals surface area contributed by atoms with E-state index in [4.69, 9.17) is 0 Å². The van der Waals surface area contributed by atoms with Crippen LogP contribution in [0, 0.1) is 11.8 Å². The molecule has 152 valence electrons. The molecule has 28 heavy (non-hydrogen) atoms. The topological polar surface area (TPSA) is 69.7 Å². The van der Waals surface area contributed by atoms with Crippen molar-refractivity contribution in [3.8, 4) is 0 Å². The van der Waals surface area contributed by atoms with E-state index in [2.05, 4.69) is 28.2 Å². The summed E-state index contributed by atoms with van der Waals surface area (Å²) in [4.78, 5) is 41.3. The molecule has 0 radical (unpaired) electrons. The van der Waals surface area contributed by atoms with Crippen LogP contribution in [0.5, 0.6) is 0 Å². The van der Waals surface area contributed by atoms with Crippen molar-refractivity contribution in [2.24, 2.45) is 11.8 Å². The van der Waals surface area contributed by atoms with Gasteiger partial charge >= 0.3 is 0 Å². The van der Waals surface area contributed by atoms with Crippen LogP contribution in [0.2, 0.25) is 0 Å². The predicted molar refractivity (Wildman–Crippen MR) is 112 cm³/mol. The first kappa shape index (κ1) is 20.8. The number of piperidine rings is 1. The molecule has 0 unspecified atom stereocenters. The molecule has 0 saturated carbocycles. The van der Waals surface area contributed by atoms with E-state index in [1.54, 1.807) is 9.80 Å². The van der Waals surface area contributed by atoms with Crippen molar-refractivity contribution in [1.82, 2.24) is 10.2 Å². The van der Waals surface area contributed by atoms with Crippen molar-refractivity contribution < 1.29 is 14.4 Å². The molecule has 2 fully saturated rings. The van der Waals surface area contributed by atoms with Crippen molar-refractivity contribution in [1.29, 1.82) is 0 Å². The standard InChI is InChI=1S/C21H28BrN3O3/c1-2-3-9-23-20(27)15-6-5-10-24(13-15)21(28)16-11-19(26)25(14-16)18-8-4-7-17(22)12-18/h4,7-8,12,15-16H,2-3,5-6,9-11,13-14H2,1H3,(H,23,27)/t15-,16-/m1/s1. The normalized spacial score (nSPS) is 22.4. The van der Waals surface area contributed by atoms with Gasteiger partial charge < -0.3 is 15.1 Å². The van der Waals surface area contributed by atoms with E-state index < -0.39 is 0 Å². The third-order valence-corrected chi connectivity index (χ3v) is 6.02. The number of hydrogen-bond acceptors (Lipinski definition) is 3. The fraction of sp³-hybridized carbons (Fsp3) is 0.571. The number of nitrogens with zero attached hydrogens (tertiary/aromatic N) is 2. The van der Waals surface area contributed by atoms with Gasteiger partial charge in [-0.1, -0.05) is 35.3 Å². The number of unbranched alkanes of at least 4 members (excludes halogenated alkanes) is 1. The molecule has 0 aromatic heterocycles. The van der Waals surface area contributed by atoms with Crippen molar-refractivity contribution in [3.05, 3.63) is 28.7 Å². The minimum atomic E-state index is -0.339. The summed E-state index contributed by atoms with van der Waals surface area (Å²) < 4.78 is 0.903. The number of likely N-dealkylation sites (tertiary alicyclic amines) is 1. The quantitative estimate of drug-likeness (QED) is 0.678. The van der Waals surface area contributed by atoms with Gasteiger partial charge in [0.15, 0.2) is 0 Å². The maximum Gasteiger partial charge on any atom is 0.228 e. The van der Waals surface area contributed by atoms with Crippen LogP contribution < -0.4 is 10.2 Å². The molecule has 3 amide bonds. The van der Waals surface area contributed by atoms with Gasteiger partial charge in [-0.3, -0.25) is 14.4 Å². The van der Waals surface area contributed by atoms with E-state index in [1.807, 2.05) is 24.3 Å². The Labute approximate surface area is 174 Å². The van der Waals surface area contributed by atoms with Crippen LogP contribution in [0.15, 0.2) is 28.7 Å². The number of benzene rings is 1. The summed E-state index contributed by atoms with van der Waals surface area (Å²) in [5.41, 5.74) is 0.807. The first-order valence-electron chi connectivity index (χ1n) is 10.1. The number of halogens is 1. The zero-order valence-electron chi connectivity index (χ0n) is 16.3. The number of carbonyl (C=O) groups excluding carboxylic acids is 3. The summed E-state index contributed by atoms with van der Waals surface area (Å²) in [5, 5.41) is 2.98. The molecule has 0 aliphatic carbocycles. The zero-order valence-corrected chi connectivity index (χ0v) is 17.9. The SMILES string of the molecule is CCCCNC(=O)[C@@H]1CCCN(C(=O)[C@@H]2CC(=O)N(c3cccc(Br)c3)C2)C1. The molecule has 2 aliphatic rings. The van der Waals surface area contributed by atoms with Crippen LogP contribution in [-0.4, -0.2) is 48.8 Å². The van der Waals surface area contributed by atoms with E-state index in [9.17, 15) is 14.4 Å². The lowest BCUT2D eigenvalue weighted by Crippen LogP contribution is -2.47. The summed E-state index contributed by atoms with van der Waals surface area (Å²) in [6.45, 7) is 4.31. The Bertz CT molecular complexity index is 739. The number of rotatable bonds is 6. The summed E-state index contributed by atoms with van der Waals surface area (Å²) >= 11 is 3.43. The summed E-state index contributed by atoms with van der Waals surface area (Å²) in [5.74, 6) is -0.468. The van der Waals surface area contributed by atoms with Gasteiger partial charge in [0.2, 0.25) is 17.7 Å². The fourth-order valence-electron chi connectivity index (χ4n) is 3.95. The zero-order chi connectivity index (χ0) is 20.1. The molecule has 6 nitrogen and oxygen atoms in total. The second kappa shape index (κ2) is 9.54. The third-order valence-electron chi connectivity index (χ3n) is 5.53. The molecule has 1 N–H and O–H groups in total. The first-order valence-corrected chi connectivity index (χ1v) is 10.9. The van der Waals surface area contributed by atoms with Gasteiger partial charge in [-0.2, -0.15) is 0 Å². The summed E-state index contributed by atoms with van der Waals surface area (Å²) in [7, 11) is 0. The highest BCUT2D eigenvalue weighted by Crippen LogP contribution is 2.29. The van der Waals surface area contributed by atoms with Crippen molar-refractivity contribution in [2.45, 2.75) is 39.0 Å². The number of anilines is 1. The van der Waals surface area contributed by atoms with Gasteiger partial charge in [0.1, 0.15) is 0 Å². The highest BCUT2D eigenvalue weighted by atomic mass is 79.9. The predicted octanol–water partition coefficient (Wildman–Crippen LogP) is 2.96. The maximum atomic E-state index is 13.0. The van der Waals surface area contributed by atoms with Crippen LogP contribution in [-0.2, 0) is 14.4 Å². The Morgan fingerprint density at radius 2 is 2.07 bits per heavy atom. The Morgan fingerprint density at radius 3 is 2.82 bits per heavy atom. The highest BCUT2D eigenvalue weighted by Gasteiger charge is 2.39. The number of nitrogens with one attached hydrogen (secondary N) is 1. The molecular weight excluding hydrogens is 422 g/mol. The van der Waals surface area contributed by atoms with Crippen molar-refractivity contribution in [3.63, 3.8) is 0 Å². The van der Waals surface area contributed by atoms with E-state index >= 15 is 0 Å². The molecule has 2 aliphatic heterocycles. The van der Waals surface area contributed by atoms with Crippen molar-refractivity contribution in [2.75, 3.05) is 31.1 Å². The minimum Gasteiger partial charge on any atom is -0.356 e. The Kier molecular flexibility index (Phi) is 7.10. The van der Waals surface area contributed by atoms with E-state index in [0.717, 1.165) is 35.8 Å². The average molecular weight is 450 g/mol. The number of carbonyl (C=O) groups is 3. The fourth-order valence-corrected chi connectivity index (χ4v) is 4.34. The van der Waals surface area contributed by atoms with Gasteiger partial charge in [-0.25, -0.2) is 0 Å². The lowest BCUT2D eigenvalue weighted by atomic mass is 9.95. The smallest absolute Gasteiger partial charge is 0.228 e. The van der Waals surface area contributed by atoms with Crippen LogP contribution in [0.4, 0.5) is 5.69 Å². The molecule has 0 spiro atoms. The van der Waals surface area contributed by atoms with Crippen LogP contribution in [0.1, 0.15) is 39.0 Å². The monoisotopic (exact) mass is 449 g/mol. The lowest BCUT2D eigenvalue weighted by molar-refractivity contribution is -0.139. The van der Waals surface area contributed by atoms with Gasteiger partial charge in [0.05, 0.1) is 11.8 Å². The molecule has 3 rings (SSSR count). The Balaban J connectivity index is 1.59. The van der Waals surface area contributed by atoms with E-state index in [1.165, 1.54) is 0 Å². The van der Waals surface area contributed by atoms with Gasteiger partial charge in [0.25, 0.3) is 0 Å². The summed E-state index contributed by atoms with van der Waals surface area (Å²) in [6.07, 6.45) is 3.88. The Hall–Kier alpha value is -1.89. The molecule has 1 aromatic carbocycles. The lowest BCUT2D eigenvalue weighted by Gasteiger charge is -2.33. The van der Waals surface area contributed by atoms with Crippen LogP contribution in [0.25, 0.3) is 0 Å². The minimum absolute atomic E-state index is 0.00287. The third kappa shape index (κ3) is 4.93. The van der Waals surface area contributed by atoms with Gasteiger partial charge in [-0.15, -0.1) is 0 Å². The Morgan fingerprint density at radius 1 is 1.25 bits per heavy atom. The average Bonchev–Trinajstić information content (AvgIpc) is 3.09. The molecule has 0 bridgehead atoms. The molecule has 1 aromatic rings. The van der Waals surface area contributed by atoms with Crippen LogP contribution in [0.3, 0.4) is 0 Å². The number of hydrogen-bond donors (Lipinski definition) is 1. The number of amides is 3. The van der Waals surface area contributed by atoms with E-state index in [0.29, 0.717) is 26.2 Å². The van der Waals surface area contributed by atoms with Crippen LogP contribution >= 0.6 is 15.9 Å². The van der Waals surface area contributed by atoms with E-state index in [-0.39, 0.29) is 36.0 Å². The second-order valence-electron chi connectivity index (χ2n) is 7.65. The van der Waals surface area contributed by atoms with Gasteiger partial charge in [0, 0.05) is 42.8 Å².